The third-order valence-corrected chi connectivity index (χ3v) is 0.533. The standard InChI is InChI=1S/C6H8BN/c1-6(7)4-2-3-5-8/h2-5H,1,8H2/b4-2-,5-3-. The van der Waals surface area contributed by atoms with Crippen LogP contribution >= 0.6 is 0 Å². The molecule has 0 aliphatic rings. The fourth-order valence-electron chi connectivity index (χ4n) is 0.243. The molecular formula is C6H8BN. The second-order valence-corrected chi connectivity index (χ2v) is 1.32. The van der Waals surface area contributed by atoms with Crippen LogP contribution in [0.2, 0.25) is 0 Å². The van der Waals surface area contributed by atoms with Gasteiger partial charge in [-0.15, -0.1) is 12.1 Å². The number of hydrogen-bond donors (Lipinski definition) is 1. The van der Waals surface area contributed by atoms with Gasteiger partial charge in [-0.3, -0.25) is 0 Å². The third kappa shape index (κ3) is 5.08. The van der Waals surface area contributed by atoms with Crippen molar-refractivity contribution >= 4 is 7.85 Å². The molecular weight excluding hydrogens is 96.9 g/mol. The summed E-state index contributed by atoms with van der Waals surface area (Å²) in [6, 6.07) is 0. The van der Waals surface area contributed by atoms with Crippen molar-refractivity contribution in [3.05, 3.63) is 36.5 Å². The lowest BCUT2D eigenvalue weighted by Crippen LogP contribution is -1.73. The molecule has 0 heterocycles. The van der Waals surface area contributed by atoms with Crippen LogP contribution in [0.5, 0.6) is 0 Å². The van der Waals surface area contributed by atoms with Crippen LogP contribution in [-0.4, -0.2) is 7.85 Å². The molecule has 0 rings (SSSR count). The minimum absolute atomic E-state index is 0.531. The van der Waals surface area contributed by atoms with Crippen LogP contribution in [0.1, 0.15) is 0 Å². The van der Waals surface area contributed by atoms with Crippen molar-refractivity contribution in [1.29, 1.82) is 0 Å². The van der Waals surface area contributed by atoms with Gasteiger partial charge < -0.3 is 5.73 Å². The van der Waals surface area contributed by atoms with Gasteiger partial charge in [0.05, 0.1) is 0 Å². The molecule has 0 saturated carbocycles. The molecule has 0 spiro atoms. The zero-order valence-electron chi connectivity index (χ0n) is 4.67. The van der Waals surface area contributed by atoms with E-state index in [1.165, 1.54) is 6.20 Å². The summed E-state index contributed by atoms with van der Waals surface area (Å²) in [5, 5.41) is 0. The van der Waals surface area contributed by atoms with Crippen LogP contribution in [-0.2, 0) is 0 Å². The predicted molar refractivity (Wildman–Crippen MR) is 37.4 cm³/mol. The lowest BCUT2D eigenvalue weighted by Gasteiger charge is -1.78. The Morgan fingerprint density at radius 2 is 2.12 bits per heavy atom. The van der Waals surface area contributed by atoms with E-state index in [0.29, 0.717) is 5.47 Å². The molecule has 0 unspecified atom stereocenters. The molecule has 0 saturated heterocycles. The molecule has 0 aliphatic heterocycles. The Balaban J connectivity index is 3.50. The summed E-state index contributed by atoms with van der Waals surface area (Å²) in [5.41, 5.74) is 5.54. The fraction of sp³-hybridized carbons (Fsp3) is 0. The number of allylic oxidation sites excluding steroid dienone is 4. The zero-order chi connectivity index (χ0) is 6.41. The van der Waals surface area contributed by atoms with Crippen molar-refractivity contribution in [3.63, 3.8) is 0 Å². The predicted octanol–water partition coefficient (Wildman–Crippen LogP) is 0.697. The van der Waals surface area contributed by atoms with Crippen molar-refractivity contribution in [2.24, 2.45) is 5.73 Å². The molecule has 0 atom stereocenters. The number of hydrogen-bond acceptors (Lipinski definition) is 1. The highest BCUT2D eigenvalue weighted by molar-refractivity contribution is 6.23. The molecule has 2 radical (unpaired) electrons. The minimum atomic E-state index is 0.531. The summed E-state index contributed by atoms with van der Waals surface area (Å²) in [6.07, 6.45) is 6.50. The van der Waals surface area contributed by atoms with Crippen molar-refractivity contribution < 1.29 is 0 Å². The summed E-state index contributed by atoms with van der Waals surface area (Å²) in [4.78, 5) is 0. The molecule has 0 bridgehead atoms. The first-order valence-electron chi connectivity index (χ1n) is 2.26. The maximum atomic E-state index is 5.18. The zero-order valence-corrected chi connectivity index (χ0v) is 4.67. The quantitative estimate of drug-likeness (QED) is 0.405. The van der Waals surface area contributed by atoms with Gasteiger partial charge in [0, 0.05) is 0 Å². The highest BCUT2D eigenvalue weighted by atomic mass is 14.5. The van der Waals surface area contributed by atoms with E-state index < -0.39 is 0 Å². The minimum Gasteiger partial charge on any atom is -0.405 e. The van der Waals surface area contributed by atoms with Crippen molar-refractivity contribution in [3.8, 4) is 0 Å². The van der Waals surface area contributed by atoms with E-state index in [9.17, 15) is 0 Å². The molecule has 0 fully saturated rings. The first-order chi connectivity index (χ1) is 3.77. The molecule has 0 aromatic heterocycles. The Morgan fingerprint density at radius 3 is 2.50 bits per heavy atom. The summed E-state index contributed by atoms with van der Waals surface area (Å²) in [7, 11) is 5.18. The summed E-state index contributed by atoms with van der Waals surface area (Å²) in [6.45, 7) is 3.44. The van der Waals surface area contributed by atoms with E-state index in [2.05, 4.69) is 6.58 Å². The van der Waals surface area contributed by atoms with E-state index in [1.54, 1.807) is 18.2 Å². The summed E-state index contributed by atoms with van der Waals surface area (Å²) >= 11 is 0. The van der Waals surface area contributed by atoms with E-state index >= 15 is 0 Å². The van der Waals surface area contributed by atoms with Crippen LogP contribution < -0.4 is 5.73 Å². The summed E-state index contributed by atoms with van der Waals surface area (Å²) in [5.74, 6) is 0. The second kappa shape index (κ2) is 4.25. The first kappa shape index (κ1) is 7.08. The lowest BCUT2D eigenvalue weighted by atomic mass is 9.98. The third-order valence-electron chi connectivity index (χ3n) is 0.533. The van der Waals surface area contributed by atoms with Gasteiger partial charge in [0.2, 0.25) is 0 Å². The Kier molecular flexibility index (Phi) is 3.76. The van der Waals surface area contributed by atoms with Crippen molar-refractivity contribution in [2.45, 2.75) is 0 Å². The van der Waals surface area contributed by atoms with Crippen molar-refractivity contribution in [2.75, 3.05) is 0 Å². The summed E-state index contributed by atoms with van der Waals surface area (Å²) < 4.78 is 0. The lowest BCUT2D eigenvalue weighted by molar-refractivity contribution is 1.60. The number of nitrogens with two attached hydrogens (primary N) is 1. The molecule has 1 nitrogen and oxygen atoms in total. The Bertz CT molecular complexity index is 124. The molecule has 0 aromatic rings. The average molecular weight is 105 g/mol. The molecule has 8 heavy (non-hydrogen) atoms. The molecule has 0 aromatic carbocycles. The molecule has 0 amide bonds. The normalized spacial score (nSPS) is 11.0. The maximum Gasteiger partial charge on any atom is 0.112 e. The Labute approximate surface area is 51.0 Å². The van der Waals surface area contributed by atoms with Gasteiger partial charge in [0.1, 0.15) is 7.85 Å². The monoisotopic (exact) mass is 105 g/mol. The van der Waals surface area contributed by atoms with E-state index in [4.69, 9.17) is 13.6 Å². The maximum absolute atomic E-state index is 5.18. The van der Waals surface area contributed by atoms with E-state index in [1.807, 2.05) is 0 Å². The van der Waals surface area contributed by atoms with E-state index in [0.717, 1.165) is 0 Å². The molecule has 0 aliphatic carbocycles. The van der Waals surface area contributed by atoms with Gasteiger partial charge in [-0.1, -0.05) is 12.2 Å². The smallest absolute Gasteiger partial charge is 0.112 e. The average Bonchev–Trinajstić information content (AvgIpc) is 1.66. The van der Waals surface area contributed by atoms with Gasteiger partial charge in [-0.2, -0.15) is 0 Å². The van der Waals surface area contributed by atoms with Crippen LogP contribution in [0.4, 0.5) is 0 Å². The molecule has 40 valence electrons. The van der Waals surface area contributed by atoms with Gasteiger partial charge in [-0.05, 0) is 12.3 Å². The number of rotatable bonds is 2. The Hall–Kier alpha value is -0.915. The first-order valence-corrected chi connectivity index (χ1v) is 2.26. The van der Waals surface area contributed by atoms with E-state index in [-0.39, 0.29) is 0 Å². The van der Waals surface area contributed by atoms with Crippen LogP contribution in [0.25, 0.3) is 0 Å². The van der Waals surface area contributed by atoms with Crippen LogP contribution in [0.3, 0.4) is 0 Å². The second-order valence-electron chi connectivity index (χ2n) is 1.32. The Morgan fingerprint density at radius 1 is 1.50 bits per heavy atom. The van der Waals surface area contributed by atoms with Gasteiger partial charge in [0.15, 0.2) is 0 Å². The SMILES string of the molecule is [B]C(=C)/C=C\C=C/N. The largest absolute Gasteiger partial charge is 0.405 e. The van der Waals surface area contributed by atoms with Gasteiger partial charge in [-0.25, -0.2) is 0 Å². The van der Waals surface area contributed by atoms with Gasteiger partial charge >= 0.3 is 0 Å². The van der Waals surface area contributed by atoms with Crippen LogP contribution in [0, 0.1) is 0 Å². The highest BCUT2D eigenvalue weighted by Gasteiger charge is 1.66. The van der Waals surface area contributed by atoms with Crippen LogP contribution in [0.15, 0.2) is 36.5 Å². The molecule has 2 heteroatoms. The van der Waals surface area contributed by atoms with Gasteiger partial charge in [0.25, 0.3) is 0 Å². The highest BCUT2D eigenvalue weighted by Crippen LogP contribution is 1.82. The fourth-order valence-corrected chi connectivity index (χ4v) is 0.243. The van der Waals surface area contributed by atoms with Crippen molar-refractivity contribution in [1.82, 2.24) is 0 Å². The topological polar surface area (TPSA) is 26.0 Å². The molecule has 2 N–H and O–H groups in total.